The molecular formula is C28H31ClN5O11P. The number of hydrogen-bond donors (Lipinski definition) is 1. The lowest BCUT2D eigenvalue weighted by atomic mass is 10.0. The molecule has 16 nitrogen and oxygen atoms in total. The first-order valence-electron chi connectivity index (χ1n) is 14.8. The van der Waals surface area contributed by atoms with E-state index in [1.165, 1.54) is 0 Å². The van der Waals surface area contributed by atoms with Crippen molar-refractivity contribution in [1.82, 2.24) is 9.55 Å². The van der Waals surface area contributed by atoms with Crippen molar-refractivity contribution in [2.75, 3.05) is 13.2 Å². The highest BCUT2D eigenvalue weighted by molar-refractivity contribution is 7.48. The number of hydrogen-bond acceptors (Lipinski definition) is 12. The third-order valence-corrected chi connectivity index (χ3v) is 9.75. The molecule has 3 heterocycles. The molecule has 0 radical (unpaired) electrons. The normalized spacial score (nSPS) is 30.7. The van der Waals surface area contributed by atoms with Crippen LogP contribution in [-0.2, 0) is 41.9 Å². The van der Waals surface area contributed by atoms with Gasteiger partial charge in [0.15, 0.2) is 18.4 Å². The molecule has 2 saturated carbocycles. The van der Waals surface area contributed by atoms with Crippen molar-refractivity contribution >= 4 is 31.4 Å². The predicted octanol–water partition coefficient (Wildman–Crippen LogP) is 4.45. The van der Waals surface area contributed by atoms with E-state index in [1.807, 2.05) is 0 Å². The number of azide groups is 1. The van der Waals surface area contributed by atoms with Crippen molar-refractivity contribution in [3.05, 3.63) is 78.4 Å². The Morgan fingerprint density at radius 1 is 1.11 bits per heavy atom. The highest BCUT2D eigenvalue weighted by atomic mass is 35.5. The molecule has 0 spiro atoms. The van der Waals surface area contributed by atoms with E-state index < -0.39 is 67.9 Å². The number of esters is 2. The Morgan fingerprint density at radius 3 is 2.48 bits per heavy atom. The molecule has 6 atom stereocenters. The maximum Gasteiger partial charge on any atom is 0.475 e. The van der Waals surface area contributed by atoms with Crippen LogP contribution in [0.4, 0.5) is 0 Å². The largest absolute Gasteiger partial charge is 0.475 e. The van der Waals surface area contributed by atoms with Gasteiger partial charge in [-0.1, -0.05) is 28.8 Å². The van der Waals surface area contributed by atoms with E-state index in [0.717, 1.165) is 42.5 Å². The van der Waals surface area contributed by atoms with E-state index in [-0.39, 0.29) is 31.3 Å². The Hall–Kier alpha value is -3.49. The smallest absolute Gasteiger partial charge is 0.455 e. The monoisotopic (exact) mass is 679 g/mol. The van der Waals surface area contributed by atoms with Crippen LogP contribution in [0, 0.1) is 11.8 Å². The maximum absolute atomic E-state index is 13.7. The van der Waals surface area contributed by atoms with Crippen LogP contribution in [0.1, 0.15) is 62.8 Å². The summed E-state index contributed by atoms with van der Waals surface area (Å²) in [5.41, 5.74) is 6.30. The SMILES string of the molecule is [N-]=[N+]=N[C@]1(CO[P@@]2(=O)OCC[C@@H](c3cccc(Cl)c3)O2)O[C@@H](n2ccc(=O)[nH]c2=O)[C@H](OC(=O)CC2CC2)[C@@H]1OC(=O)CC1CC1. The van der Waals surface area contributed by atoms with E-state index in [4.69, 9.17) is 39.4 Å². The number of phosphoric acid groups is 1. The number of phosphoric ester groups is 1. The number of nitrogens with zero attached hydrogens (tertiary/aromatic N) is 4. The molecule has 0 unspecified atom stereocenters. The Balaban J connectivity index is 1.34. The van der Waals surface area contributed by atoms with Gasteiger partial charge in [0.05, 0.1) is 19.3 Å². The number of halogens is 1. The van der Waals surface area contributed by atoms with Crippen molar-refractivity contribution in [3.63, 3.8) is 0 Å². The lowest BCUT2D eigenvalue weighted by Gasteiger charge is -2.33. The Morgan fingerprint density at radius 2 is 1.83 bits per heavy atom. The summed E-state index contributed by atoms with van der Waals surface area (Å²) < 4.78 is 49.1. The van der Waals surface area contributed by atoms with Crippen LogP contribution in [-0.4, -0.2) is 52.6 Å². The Bertz CT molecular complexity index is 1700. The first-order chi connectivity index (χ1) is 22.1. The maximum atomic E-state index is 13.7. The van der Waals surface area contributed by atoms with Crippen molar-refractivity contribution in [2.24, 2.45) is 17.0 Å². The zero-order valence-corrected chi connectivity index (χ0v) is 26.0. The molecule has 1 aromatic carbocycles. The lowest BCUT2D eigenvalue weighted by Crippen LogP contribution is -2.49. The van der Waals surface area contributed by atoms with Gasteiger partial charge in [0, 0.05) is 41.5 Å². The zero-order valence-electron chi connectivity index (χ0n) is 24.4. The molecule has 2 aromatic rings. The average molecular weight is 680 g/mol. The molecule has 2 aliphatic heterocycles. The summed E-state index contributed by atoms with van der Waals surface area (Å²) in [5, 5.41) is 4.21. The van der Waals surface area contributed by atoms with Gasteiger partial charge in [0.25, 0.3) is 5.56 Å². The number of benzene rings is 1. The van der Waals surface area contributed by atoms with Gasteiger partial charge in [0.1, 0.15) is 0 Å². The fraction of sp³-hybridized carbons (Fsp3) is 0.571. The summed E-state index contributed by atoms with van der Waals surface area (Å²) in [5.74, 6) is -1.17. The van der Waals surface area contributed by atoms with Gasteiger partial charge in [-0.2, -0.15) is 0 Å². The van der Waals surface area contributed by atoms with E-state index in [0.29, 0.717) is 17.0 Å². The Kier molecular flexibility index (Phi) is 9.40. The van der Waals surface area contributed by atoms with E-state index >= 15 is 0 Å². The van der Waals surface area contributed by atoms with Crippen molar-refractivity contribution < 1.29 is 41.9 Å². The number of rotatable bonds is 12. The molecule has 18 heteroatoms. The van der Waals surface area contributed by atoms with Crippen molar-refractivity contribution in [1.29, 1.82) is 0 Å². The third kappa shape index (κ3) is 7.55. The standard InChI is InChI=1S/C28H31ClN5O11P/c29-19-3-1-2-18(14-19)20-9-11-40-46(39,45-20)41-15-28(32-33-30)25(43-23(37)13-17-6-7-17)24(42-22(36)12-16-4-5-16)26(44-28)34-10-8-21(35)31-27(34)38/h1-3,8,10,14,16-17,20,24-26H,4-7,9,11-13,15H2,(H,31,35,38)/t20-,24+,25-,26+,28+,46+/m0/s1. The molecule has 2 saturated heterocycles. The van der Waals surface area contributed by atoms with Gasteiger partial charge in [-0.05, 0) is 60.7 Å². The summed E-state index contributed by atoms with van der Waals surface area (Å²) >= 11 is 6.12. The second-order valence-corrected chi connectivity index (χ2v) is 13.8. The minimum Gasteiger partial charge on any atom is -0.455 e. The Labute approximate surface area is 266 Å². The lowest BCUT2D eigenvalue weighted by molar-refractivity contribution is -0.174. The number of carbonyl (C=O) groups is 2. The minimum absolute atomic E-state index is 0.0273. The number of aromatic nitrogens is 2. The first kappa shape index (κ1) is 32.5. The van der Waals surface area contributed by atoms with E-state index in [1.54, 1.807) is 24.3 Å². The molecule has 4 fully saturated rings. The second kappa shape index (κ2) is 13.3. The molecule has 2 aliphatic carbocycles. The van der Waals surface area contributed by atoms with Crippen LogP contribution in [0.3, 0.4) is 0 Å². The van der Waals surface area contributed by atoms with E-state index in [2.05, 4.69) is 15.0 Å². The molecule has 1 N–H and O–H groups in total. The van der Waals surface area contributed by atoms with Gasteiger partial charge < -0.3 is 14.2 Å². The molecule has 46 heavy (non-hydrogen) atoms. The van der Waals surface area contributed by atoms with Gasteiger partial charge in [-0.15, -0.1) is 0 Å². The molecule has 6 rings (SSSR count). The average Bonchev–Trinajstić information content (AvgIpc) is 3.95. The predicted molar refractivity (Wildman–Crippen MR) is 157 cm³/mol. The molecular weight excluding hydrogens is 649 g/mol. The zero-order chi connectivity index (χ0) is 32.5. The van der Waals surface area contributed by atoms with Crippen LogP contribution in [0.2, 0.25) is 5.02 Å². The number of ether oxygens (including phenoxy) is 3. The number of H-pyrrole nitrogens is 1. The highest BCUT2D eigenvalue weighted by Gasteiger charge is 2.62. The minimum atomic E-state index is -4.38. The van der Waals surface area contributed by atoms with Crippen molar-refractivity contribution in [3.8, 4) is 0 Å². The number of aromatic amines is 1. The molecule has 246 valence electrons. The fourth-order valence-corrected chi connectivity index (χ4v) is 6.97. The van der Waals surface area contributed by atoms with E-state index in [9.17, 15) is 29.3 Å². The summed E-state index contributed by atoms with van der Waals surface area (Å²) in [7, 11) is -4.38. The van der Waals surface area contributed by atoms with Gasteiger partial charge in [-0.3, -0.25) is 37.5 Å². The van der Waals surface area contributed by atoms with Crippen LogP contribution >= 0.6 is 19.4 Å². The third-order valence-electron chi connectivity index (χ3n) is 8.05. The van der Waals surface area contributed by atoms with Gasteiger partial charge >= 0.3 is 25.5 Å². The highest BCUT2D eigenvalue weighted by Crippen LogP contribution is 2.58. The van der Waals surface area contributed by atoms with Crippen LogP contribution in [0.25, 0.3) is 10.4 Å². The number of carbonyl (C=O) groups excluding carboxylic acids is 2. The molecule has 4 aliphatic rings. The van der Waals surface area contributed by atoms with Crippen LogP contribution in [0.15, 0.2) is 51.2 Å². The summed E-state index contributed by atoms with van der Waals surface area (Å²) in [6.07, 6.45) is -0.728. The van der Waals surface area contributed by atoms with Crippen LogP contribution < -0.4 is 11.2 Å². The van der Waals surface area contributed by atoms with Gasteiger partial charge in [0.2, 0.25) is 5.72 Å². The second-order valence-electron chi connectivity index (χ2n) is 11.7. The number of nitrogens with one attached hydrogen (secondary N) is 1. The van der Waals surface area contributed by atoms with Gasteiger partial charge in [-0.25, -0.2) is 9.36 Å². The molecule has 1 aromatic heterocycles. The molecule has 0 bridgehead atoms. The first-order valence-corrected chi connectivity index (χ1v) is 16.7. The molecule has 0 amide bonds. The summed E-state index contributed by atoms with van der Waals surface area (Å²) in [6, 6.07) is 7.78. The quantitative estimate of drug-likeness (QED) is 0.109. The van der Waals surface area contributed by atoms with Crippen LogP contribution in [0.5, 0.6) is 0 Å². The summed E-state index contributed by atoms with van der Waals surface area (Å²) in [4.78, 5) is 55.8. The summed E-state index contributed by atoms with van der Waals surface area (Å²) in [6.45, 7) is -0.899. The fourth-order valence-electron chi connectivity index (χ4n) is 5.36. The van der Waals surface area contributed by atoms with Crippen molar-refractivity contribution in [2.45, 2.75) is 75.2 Å². The topological polar surface area (TPSA) is 210 Å².